The van der Waals surface area contributed by atoms with Crippen LogP contribution in [0.4, 0.5) is 5.82 Å². The predicted octanol–water partition coefficient (Wildman–Crippen LogP) is 1.05. The van der Waals surface area contributed by atoms with Gasteiger partial charge in [0.05, 0.1) is 5.25 Å². The number of nitrogens with one attached hydrogen (secondary N) is 2. The lowest BCUT2D eigenvalue weighted by Crippen LogP contribution is -2.33. The van der Waals surface area contributed by atoms with Crippen LogP contribution in [0.5, 0.6) is 0 Å². The van der Waals surface area contributed by atoms with Gasteiger partial charge in [-0.2, -0.15) is 0 Å². The molecule has 6 heteroatoms. The first-order chi connectivity index (χ1) is 7.85. The van der Waals surface area contributed by atoms with E-state index in [-0.39, 0.29) is 0 Å². The fraction of sp³-hybridized carbons (Fsp3) is 0.545. The summed E-state index contributed by atoms with van der Waals surface area (Å²) in [5.41, 5.74) is 1.78. The van der Waals surface area contributed by atoms with Crippen LogP contribution in [-0.4, -0.2) is 32.2 Å². The summed E-state index contributed by atoms with van der Waals surface area (Å²) in [6.45, 7) is 5.80. The van der Waals surface area contributed by atoms with Crippen molar-refractivity contribution in [2.45, 2.75) is 26.0 Å². The fourth-order valence-electron chi connectivity index (χ4n) is 1.54. The number of aromatic nitrogens is 1. The van der Waals surface area contributed by atoms with Gasteiger partial charge in [-0.1, -0.05) is 0 Å². The summed E-state index contributed by atoms with van der Waals surface area (Å²) in [5, 5.41) is 2.34. The molecule has 0 fully saturated rings. The van der Waals surface area contributed by atoms with Gasteiger partial charge in [0, 0.05) is 12.2 Å². The van der Waals surface area contributed by atoms with E-state index in [2.05, 4.69) is 15.0 Å². The molecular weight excluding hydrogens is 238 g/mol. The van der Waals surface area contributed by atoms with Gasteiger partial charge in [-0.05, 0) is 45.5 Å². The quantitative estimate of drug-likeness (QED) is 0.827. The standard InChI is InChI=1S/C11H19N3O2S/c1-8-5-9(2)13-11(6-8)14-17(15,16)10(3)7-12-4/h5-6,10,12H,7H2,1-4H3,(H,13,14). The normalized spacial score (nSPS) is 13.4. The zero-order valence-electron chi connectivity index (χ0n) is 10.6. The molecule has 0 aliphatic carbocycles. The van der Waals surface area contributed by atoms with E-state index in [1.165, 1.54) is 0 Å². The largest absolute Gasteiger partial charge is 0.318 e. The van der Waals surface area contributed by atoms with Crippen molar-refractivity contribution in [3.63, 3.8) is 0 Å². The number of sulfonamides is 1. The van der Waals surface area contributed by atoms with E-state index < -0.39 is 15.3 Å². The lowest BCUT2D eigenvalue weighted by Gasteiger charge is -2.14. The van der Waals surface area contributed by atoms with E-state index in [1.54, 1.807) is 20.0 Å². The molecule has 1 unspecified atom stereocenters. The minimum absolute atomic E-state index is 0.380. The molecule has 0 aliphatic heterocycles. The van der Waals surface area contributed by atoms with Gasteiger partial charge in [-0.3, -0.25) is 4.72 Å². The monoisotopic (exact) mass is 257 g/mol. The molecule has 1 aromatic rings. The van der Waals surface area contributed by atoms with Crippen molar-refractivity contribution in [3.8, 4) is 0 Å². The first kappa shape index (κ1) is 13.9. The SMILES string of the molecule is CNCC(C)S(=O)(=O)Nc1cc(C)cc(C)n1. The van der Waals surface area contributed by atoms with Crippen molar-refractivity contribution in [2.75, 3.05) is 18.3 Å². The number of hydrogen-bond donors (Lipinski definition) is 2. The maximum atomic E-state index is 11.9. The van der Waals surface area contributed by atoms with Gasteiger partial charge >= 0.3 is 0 Å². The Bertz CT molecular complexity index is 465. The highest BCUT2D eigenvalue weighted by Crippen LogP contribution is 2.12. The van der Waals surface area contributed by atoms with Gasteiger partial charge in [-0.25, -0.2) is 13.4 Å². The van der Waals surface area contributed by atoms with Crippen LogP contribution >= 0.6 is 0 Å². The van der Waals surface area contributed by atoms with Crippen LogP contribution in [0, 0.1) is 13.8 Å². The Labute approximate surface area is 103 Å². The highest BCUT2D eigenvalue weighted by Gasteiger charge is 2.20. The molecule has 1 aromatic heterocycles. The molecule has 0 saturated heterocycles. The fourth-order valence-corrected chi connectivity index (χ4v) is 2.52. The average Bonchev–Trinajstić information content (AvgIpc) is 2.15. The van der Waals surface area contributed by atoms with Gasteiger partial charge in [-0.15, -0.1) is 0 Å². The molecule has 1 heterocycles. The molecule has 1 rings (SSSR count). The van der Waals surface area contributed by atoms with Crippen molar-refractivity contribution >= 4 is 15.8 Å². The zero-order chi connectivity index (χ0) is 13.1. The van der Waals surface area contributed by atoms with E-state index in [0.717, 1.165) is 11.3 Å². The molecular formula is C11H19N3O2S. The number of pyridine rings is 1. The molecule has 17 heavy (non-hydrogen) atoms. The third kappa shape index (κ3) is 3.98. The van der Waals surface area contributed by atoms with E-state index >= 15 is 0 Å². The smallest absolute Gasteiger partial charge is 0.237 e. The van der Waals surface area contributed by atoms with Crippen LogP contribution in [0.2, 0.25) is 0 Å². The number of hydrogen-bond acceptors (Lipinski definition) is 4. The van der Waals surface area contributed by atoms with Crippen LogP contribution < -0.4 is 10.0 Å². The van der Waals surface area contributed by atoms with Crippen LogP contribution in [-0.2, 0) is 10.0 Å². The molecule has 0 bridgehead atoms. The maximum absolute atomic E-state index is 11.9. The summed E-state index contributed by atoms with van der Waals surface area (Å²) in [7, 11) is -1.66. The third-order valence-corrected chi connectivity index (χ3v) is 4.09. The van der Waals surface area contributed by atoms with Gasteiger partial charge in [0.25, 0.3) is 0 Å². The van der Waals surface area contributed by atoms with E-state index in [9.17, 15) is 8.42 Å². The second kappa shape index (κ2) is 5.46. The number of aryl methyl sites for hydroxylation is 2. The minimum Gasteiger partial charge on any atom is -0.318 e. The predicted molar refractivity (Wildman–Crippen MR) is 69.6 cm³/mol. The molecule has 96 valence electrons. The Morgan fingerprint density at radius 2 is 2.00 bits per heavy atom. The minimum atomic E-state index is -3.38. The maximum Gasteiger partial charge on any atom is 0.237 e. The number of nitrogens with zero attached hydrogens (tertiary/aromatic N) is 1. The second-order valence-electron chi connectivity index (χ2n) is 4.19. The van der Waals surface area contributed by atoms with E-state index in [4.69, 9.17) is 0 Å². The highest BCUT2D eigenvalue weighted by molar-refractivity contribution is 7.93. The molecule has 0 aromatic carbocycles. The van der Waals surface area contributed by atoms with Crippen molar-refractivity contribution in [3.05, 3.63) is 23.4 Å². The van der Waals surface area contributed by atoms with Gasteiger partial charge in [0.15, 0.2) is 0 Å². The Hall–Kier alpha value is -1.14. The van der Waals surface area contributed by atoms with Gasteiger partial charge < -0.3 is 5.32 Å². The van der Waals surface area contributed by atoms with Gasteiger partial charge in [0.2, 0.25) is 10.0 Å². The lowest BCUT2D eigenvalue weighted by atomic mass is 10.2. The molecule has 0 aliphatic rings. The van der Waals surface area contributed by atoms with Gasteiger partial charge in [0.1, 0.15) is 5.82 Å². The first-order valence-electron chi connectivity index (χ1n) is 5.46. The molecule has 0 amide bonds. The third-order valence-electron chi connectivity index (χ3n) is 2.37. The lowest BCUT2D eigenvalue weighted by molar-refractivity contribution is 0.583. The van der Waals surface area contributed by atoms with E-state index in [0.29, 0.717) is 12.4 Å². The molecule has 0 spiro atoms. The molecule has 2 N–H and O–H groups in total. The second-order valence-corrected chi connectivity index (χ2v) is 6.29. The summed E-state index contributed by atoms with van der Waals surface area (Å²) in [6, 6.07) is 3.62. The molecule has 5 nitrogen and oxygen atoms in total. The Kier molecular flexibility index (Phi) is 4.47. The summed E-state index contributed by atoms with van der Waals surface area (Å²) >= 11 is 0. The Morgan fingerprint density at radius 3 is 2.53 bits per heavy atom. The van der Waals surface area contributed by atoms with Crippen molar-refractivity contribution in [1.29, 1.82) is 0 Å². The summed E-state index contributed by atoms with van der Waals surface area (Å²) < 4.78 is 26.3. The zero-order valence-corrected chi connectivity index (χ0v) is 11.4. The first-order valence-corrected chi connectivity index (χ1v) is 7.01. The Balaban J connectivity index is 2.90. The summed E-state index contributed by atoms with van der Waals surface area (Å²) in [4.78, 5) is 4.15. The van der Waals surface area contributed by atoms with E-state index in [1.807, 2.05) is 19.9 Å². The van der Waals surface area contributed by atoms with Crippen molar-refractivity contribution in [2.24, 2.45) is 0 Å². The average molecular weight is 257 g/mol. The summed E-state index contributed by atoms with van der Waals surface area (Å²) in [6.07, 6.45) is 0. The van der Waals surface area contributed by atoms with Crippen molar-refractivity contribution < 1.29 is 8.42 Å². The van der Waals surface area contributed by atoms with Crippen molar-refractivity contribution in [1.82, 2.24) is 10.3 Å². The Morgan fingerprint density at radius 1 is 1.35 bits per heavy atom. The number of rotatable bonds is 5. The molecule has 0 saturated carbocycles. The molecule has 0 radical (unpaired) electrons. The topological polar surface area (TPSA) is 71.1 Å². The van der Waals surface area contributed by atoms with Crippen LogP contribution in [0.25, 0.3) is 0 Å². The molecule has 1 atom stereocenters. The van der Waals surface area contributed by atoms with Crippen LogP contribution in [0.3, 0.4) is 0 Å². The highest BCUT2D eigenvalue weighted by atomic mass is 32.2. The van der Waals surface area contributed by atoms with Crippen LogP contribution in [0.15, 0.2) is 12.1 Å². The summed E-state index contributed by atoms with van der Waals surface area (Å²) in [5.74, 6) is 0.380. The number of anilines is 1. The van der Waals surface area contributed by atoms with Crippen LogP contribution in [0.1, 0.15) is 18.2 Å².